The second-order valence-electron chi connectivity index (χ2n) is 7.04. The van der Waals surface area contributed by atoms with Crippen LogP contribution in [0.5, 0.6) is 0 Å². The third-order valence-corrected chi connectivity index (χ3v) is 5.11. The molecule has 0 radical (unpaired) electrons. The van der Waals surface area contributed by atoms with Crippen LogP contribution in [-0.4, -0.2) is 43.4 Å². The van der Waals surface area contributed by atoms with E-state index in [1.165, 1.54) is 5.56 Å². The molecule has 0 spiro atoms. The third kappa shape index (κ3) is 5.09. The second-order valence-corrected chi connectivity index (χ2v) is 7.04. The quantitative estimate of drug-likeness (QED) is 0.646. The Morgan fingerprint density at radius 3 is 2.41 bits per heavy atom. The average molecular weight is 364 g/mol. The van der Waals surface area contributed by atoms with Crippen molar-refractivity contribution in [2.75, 3.05) is 32.0 Å². The van der Waals surface area contributed by atoms with Gasteiger partial charge in [0.15, 0.2) is 5.96 Å². The molecule has 27 heavy (non-hydrogen) atoms. The van der Waals surface area contributed by atoms with Crippen molar-refractivity contribution >= 4 is 17.6 Å². The normalized spacial score (nSPS) is 20.2. The zero-order chi connectivity index (χ0) is 19.1. The summed E-state index contributed by atoms with van der Waals surface area (Å²) in [6.45, 7) is 4.36. The molecule has 0 aliphatic carbocycles. The average Bonchev–Trinajstić information content (AvgIpc) is 2.70. The first-order valence-electron chi connectivity index (χ1n) is 9.53. The summed E-state index contributed by atoms with van der Waals surface area (Å²) in [5, 5.41) is 6.08. The maximum Gasteiger partial charge on any atom is 0.243 e. The Morgan fingerprint density at radius 1 is 1.11 bits per heavy atom. The van der Waals surface area contributed by atoms with Crippen LogP contribution in [-0.2, 0) is 4.79 Å². The van der Waals surface area contributed by atoms with Crippen molar-refractivity contribution in [1.82, 2.24) is 10.2 Å². The van der Waals surface area contributed by atoms with Crippen molar-refractivity contribution in [3.63, 3.8) is 0 Å². The standard InChI is InChI=1S/C22H28N4O/c1-17-16-26(14-13-20(17)18-9-5-3-6-10-18)22(23-2)24-15-21(27)25-19-11-7-4-8-12-19/h3-12,17,20H,13-16H2,1-2H3,(H,23,24)(H,25,27). The van der Waals surface area contributed by atoms with E-state index in [2.05, 4.69) is 57.8 Å². The highest BCUT2D eigenvalue weighted by molar-refractivity contribution is 5.95. The van der Waals surface area contributed by atoms with Gasteiger partial charge in [-0.15, -0.1) is 0 Å². The molecule has 1 aliphatic rings. The molecule has 0 saturated carbocycles. The fourth-order valence-electron chi connectivity index (χ4n) is 3.75. The van der Waals surface area contributed by atoms with E-state index in [-0.39, 0.29) is 12.5 Å². The Hall–Kier alpha value is -2.82. The van der Waals surface area contributed by atoms with Crippen molar-refractivity contribution < 1.29 is 4.79 Å². The smallest absolute Gasteiger partial charge is 0.243 e. The number of para-hydroxylation sites is 1. The largest absolute Gasteiger partial charge is 0.347 e. The van der Waals surface area contributed by atoms with Crippen molar-refractivity contribution in [3.05, 3.63) is 66.2 Å². The van der Waals surface area contributed by atoms with Gasteiger partial charge in [0.2, 0.25) is 5.91 Å². The zero-order valence-electron chi connectivity index (χ0n) is 16.1. The van der Waals surface area contributed by atoms with Gasteiger partial charge in [-0.25, -0.2) is 0 Å². The molecular weight excluding hydrogens is 336 g/mol. The van der Waals surface area contributed by atoms with Gasteiger partial charge in [0, 0.05) is 25.8 Å². The molecule has 2 aromatic rings. The van der Waals surface area contributed by atoms with Crippen LogP contribution in [0.25, 0.3) is 0 Å². The molecule has 1 saturated heterocycles. The van der Waals surface area contributed by atoms with Crippen molar-refractivity contribution in [3.8, 4) is 0 Å². The summed E-state index contributed by atoms with van der Waals surface area (Å²) >= 11 is 0. The first-order valence-corrected chi connectivity index (χ1v) is 9.53. The Kier molecular flexibility index (Phi) is 6.47. The third-order valence-electron chi connectivity index (χ3n) is 5.11. The number of nitrogens with one attached hydrogen (secondary N) is 2. The van der Waals surface area contributed by atoms with Crippen LogP contribution in [0.4, 0.5) is 5.69 Å². The lowest BCUT2D eigenvalue weighted by atomic mass is 9.82. The van der Waals surface area contributed by atoms with E-state index >= 15 is 0 Å². The van der Waals surface area contributed by atoms with Gasteiger partial charge in [-0.3, -0.25) is 9.79 Å². The minimum atomic E-state index is -0.0745. The van der Waals surface area contributed by atoms with Gasteiger partial charge < -0.3 is 15.5 Å². The van der Waals surface area contributed by atoms with Gasteiger partial charge >= 0.3 is 0 Å². The van der Waals surface area contributed by atoms with Crippen molar-refractivity contribution in [2.24, 2.45) is 10.9 Å². The molecule has 2 aromatic carbocycles. The van der Waals surface area contributed by atoms with E-state index in [9.17, 15) is 4.79 Å². The summed E-state index contributed by atoms with van der Waals surface area (Å²) in [7, 11) is 1.77. The van der Waals surface area contributed by atoms with Crippen LogP contribution >= 0.6 is 0 Å². The number of carbonyl (C=O) groups excluding carboxylic acids is 1. The zero-order valence-corrected chi connectivity index (χ0v) is 16.1. The van der Waals surface area contributed by atoms with E-state index in [0.29, 0.717) is 11.8 Å². The van der Waals surface area contributed by atoms with Gasteiger partial charge in [-0.05, 0) is 36.0 Å². The van der Waals surface area contributed by atoms with Crippen LogP contribution in [0.15, 0.2) is 65.7 Å². The number of likely N-dealkylation sites (tertiary alicyclic amines) is 1. The predicted octanol–water partition coefficient (Wildman–Crippen LogP) is 3.33. The maximum absolute atomic E-state index is 12.2. The molecule has 2 unspecified atom stereocenters. The Balaban J connectivity index is 1.52. The molecule has 1 heterocycles. The number of nitrogens with zero attached hydrogens (tertiary/aromatic N) is 2. The molecule has 2 atom stereocenters. The molecule has 5 heteroatoms. The van der Waals surface area contributed by atoms with E-state index in [1.54, 1.807) is 7.05 Å². The minimum Gasteiger partial charge on any atom is -0.347 e. The predicted molar refractivity (Wildman–Crippen MR) is 111 cm³/mol. The van der Waals surface area contributed by atoms with E-state index < -0.39 is 0 Å². The number of rotatable bonds is 4. The number of amides is 1. The summed E-state index contributed by atoms with van der Waals surface area (Å²) in [6.07, 6.45) is 1.09. The van der Waals surface area contributed by atoms with E-state index in [4.69, 9.17) is 0 Å². The topological polar surface area (TPSA) is 56.7 Å². The number of carbonyl (C=O) groups is 1. The van der Waals surface area contributed by atoms with Crippen LogP contribution in [0.3, 0.4) is 0 Å². The number of benzene rings is 2. The summed E-state index contributed by atoms with van der Waals surface area (Å²) < 4.78 is 0. The molecular formula is C22H28N4O. The van der Waals surface area contributed by atoms with Crippen LogP contribution in [0.1, 0.15) is 24.8 Å². The number of guanidine groups is 1. The van der Waals surface area contributed by atoms with E-state index in [0.717, 1.165) is 31.2 Å². The fraction of sp³-hybridized carbons (Fsp3) is 0.364. The lowest BCUT2D eigenvalue weighted by Gasteiger charge is -2.38. The summed E-state index contributed by atoms with van der Waals surface area (Å²) in [4.78, 5) is 18.8. The van der Waals surface area contributed by atoms with Crippen LogP contribution in [0, 0.1) is 5.92 Å². The number of hydrogen-bond donors (Lipinski definition) is 2. The number of piperidine rings is 1. The second kappa shape index (κ2) is 9.21. The maximum atomic E-state index is 12.2. The summed E-state index contributed by atoms with van der Waals surface area (Å²) in [6, 6.07) is 20.2. The fourth-order valence-corrected chi connectivity index (χ4v) is 3.75. The number of hydrogen-bond acceptors (Lipinski definition) is 2. The molecule has 0 bridgehead atoms. The first kappa shape index (κ1) is 19.0. The Labute approximate surface area is 161 Å². The summed E-state index contributed by atoms with van der Waals surface area (Å²) in [5.41, 5.74) is 2.21. The number of anilines is 1. The molecule has 5 nitrogen and oxygen atoms in total. The summed E-state index contributed by atoms with van der Waals surface area (Å²) in [5.74, 6) is 1.81. The van der Waals surface area contributed by atoms with Crippen LogP contribution in [0.2, 0.25) is 0 Å². The van der Waals surface area contributed by atoms with Gasteiger partial charge in [0.05, 0.1) is 6.54 Å². The van der Waals surface area contributed by atoms with Crippen molar-refractivity contribution in [2.45, 2.75) is 19.3 Å². The lowest BCUT2D eigenvalue weighted by molar-refractivity contribution is -0.115. The first-order chi connectivity index (χ1) is 13.2. The molecule has 1 fully saturated rings. The lowest BCUT2D eigenvalue weighted by Crippen LogP contribution is -2.49. The Morgan fingerprint density at radius 2 is 1.78 bits per heavy atom. The van der Waals surface area contributed by atoms with Crippen LogP contribution < -0.4 is 10.6 Å². The highest BCUT2D eigenvalue weighted by Crippen LogP contribution is 2.32. The molecule has 142 valence electrons. The molecule has 1 amide bonds. The van der Waals surface area contributed by atoms with Gasteiger partial charge in [-0.1, -0.05) is 55.5 Å². The van der Waals surface area contributed by atoms with Gasteiger partial charge in [0.25, 0.3) is 0 Å². The SMILES string of the molecule is CN=C(NCC(=O)Nc1ccccc1)N1CCC(c2ccccc2)C(C)C1. The molecule has 0 aromatic heterocycles. The molecule has 1 aliphatic heterocycles. The van der Waals surface area contributed by atoms with Gasteiger partial charge in [0.1, 0.15) is 0 Å². The van der Waals surface area contributed by atoms with E-state index in [1.807, 2.05) is 30.3 Å². The Bertz CT molecular complexity index is 760. The monoisotopic (exact) mass is 364 g/mol. The molecule has 3 rings (SSSR count). The molecule has 2 N–H and O–H groups in total. The number of aliphatic imine (C=N–C) groups is 1. The highest BCUT2D eigenvalue weighted by atomic mass is 16.1. The van der Waals surface area contributed by atoms with Gasteiger partial charge in [-0.2, -0.15) is 0 Å². The van der Waals surface area contributed by atoms with Crippen molar-refractivity contribution in [1.29, 1.82) is 0 Å². The minimum absolute atomic E-state index is 0.0745. The highest BCUT2D eigenvalue weighted by Gasteiger charge is 2.28.